The number of hydrogen-bond acceptors (Lipinski definition) is 3. The van der Waals surface area contributed by atoms with E-state index in [-0.39, 0.29) is 5.54 Å². The van der Waals surface area contributed by atoms with E-state index in [0.29, 0.717) is 0 Å². The van der Waals surface area contributed by atoms with Crippen molar-refractivity contribution in [1.29, 1.82) is 0 Å². The quantitative estimate of drug-likeness (QED) is 0.918. The van der Waals surface area contributed by atoms with E-state index in [0.717, 1.165) is 32.7 Å². The molecule has 20 heavy (non-hydrogen) atoms. The highest BCUT2D eigenvalue weighted by Gasteiger charge is 2.35. The van der Waals surface area contributed by atoms with E-state index < -0.39 is 0 Å². The maximum Gasteiger partial charge on any atom is 0.0558 e. The molecule has 0 spiro atoms. The lowest BCUT2D eigenvalue weighted by molar-refractivity contribution is 0.0682. The van der Waals surface area contributed by atoms with E-state index in [4.69, 9.17) is 0 Å². The molecule has 1 unspecified atom stereocenters. The number of piperazine rings is 1. The van der Waals surface area contributed by atoms with Crippen LogP contribution in [0.1, 0.15) is 12.5 Å². The van der Waals surface area contributed by atoms with E-state index in [2.05, 4.69) is 52.6 Å². The van der Waals surface area contributed by atoms with Crippen LogP contribution in [-0.4, -0.2) is 40.9 Å². The van der Waals surface area contributed by atoms with Gasteiger partial charge in [0.15, 0.2) is 0 Å². The minimum atomic E-state index is 0.0622. The number of nitrogens with one attached hydrogen (secondary N) is 1. The van der Waals surface area contributed by atoms with Gasteiger partial charge < -0.3 is 5.32 Å². The molecule has 0 amide bonds. The molecule has 4 heteroatoms. The first-order valence-electron chi connectivity index (χ1n) is 7.28. The van der Waals surface area contributed by atoms with Crippen LogP contribution in [0.4, 0.5) is 0 Å². The van der Waals surface area contributed by atoms with Crippen LogP contribution in [0, 0.1) is 0 Å². The van der Waals surface area contributed by atoms with Crippen LogP contribution in [-0.2, 0) is 12.1 Å². The summed E-state index contributed by atoms with van der Waals surface area (Å²) in [5.74, 6) is 0. The summed E-state index contributed by atoms with van der Waals surface area (Å²) in [4.78, 5) is 2.57. The fraction of sp³-hybridized carbons (Fsp3) is 0.438. The van der Waals surface area contributed by atoms with Gasteiger partial charge in [-0.05, 0) is 18.6 Å². The van der Waals surface area contributed by atoms with E-state index in [1.54, 1.807) is 0 Å². The SMILES string of the molecule is CC1(c2ccccc2)CNCCN1CCn1cccn1. The van der Waals surface area contributed by atoms with E-state index in [1.807, 2.05) is 23.1 Å². The van der Waals surface area contributed by atoms with Crippen molar-refractivity contribution in [1.82, 2.24) is 20.0 Å². The van der Waals surface area contributed by atoms with Crippen LogP contribution in [0.5, 0.6) is 0 Å². The van der Waals surface area contributed by atoms with Gasteiger partial charge in [-0.25, -0.2) is 0 Å². The third kappa shape index (κ3) is 2.62. The third-order valence-electron chi connectivity index (χ3n) is 4.28. The minimum absolute atomic E-state index is 0.0622. The van der Waals surface area contributed by atoms with Crippen LogP contribution in [0.3, 0.4) is 0 Å². The average Bonchev–Trinajstić information content (AvgIpc) is 3.01. The molecule has 1 atom stereocenters. The van der Waals surface area contributed by atoms with Gasteiger partial charge in [0, 0.05) is 38.6 Å². The summed E-state index contributed by atoms with van der Waals surface area (Å²) in [5, 5.41) is 7.83. The summed E-state index contributed by atoms with van der Waals surface area (Å²) in [5.41, 5.74) is 1.44. The van der Waals surface area contributed by atoms with Crippen LogP contribution in [0.25, 0.3) is 0 Å². The smallest absolute Gasteiger partial charge is 0.0558 e. The van der Waals surface area contributed by atoms with Crippen molar-refractivity contribution in [2.45, 2.75) is 19.0 Å². The maximum absolute atomic E-state index is 4.30. The zero-order valence-corrected chi connectivity index (χ0v) is 12.0. The standard InChI is InChI=1S/C16H22N4/c1-16(15-6-3-2-4-7-15)14-17-9-11-19(16)12-13-20-10-5-8-18-20/h2-8,10,17H,9,11-14H2,1H3. The van der Waals surface area contributed by atoms with Crippen molar-refractivity contribution in [2.24, 2.45) is 0 Å². The molecule has 1 N–H and O–H groups in total. The lowest BCUT2D eigenvalue weighted by Gasteiger charge is -2.45. The Labute approximate surface area is 120 Å². The van der Waals surface area contributed by atoms with E-state index in [1.165, 1.54) is 5.56 Å². The fourth-order valence-corrected chi connectivity index (χ4v) is 3.00. The van der Waals surface area contributed by atoms with Gasteiger partial charge in [0.25, 0.3) is 0 Å². The number of rotatable bonds is 4. The largest absolute Gasteiger partial charge is 0.313 e. The van der Waals surface area contributed by atoms with Crippen molar-refractivity contribution in [2.75, 3.05) is 26.2 Å². The highest BCUT2D eigenvalue weighted by atomic mass is 15.3. The molecule has 1 aromatic heterocycles. The predicted molar refractivity (Wildman–Crippen MR) is 80.5 cm³/mol. The molecule has 0 aliphatic carbocycles. The summed E-state index contributed by atoms with van der Waals surface area (Å²) in [6.45, 7) is 7.42. The summed E-state index contributed by atoms with van der Waals surface area (Å²) in [6, 6.07) is 12.8. The number of benzene rings is 1. The fourth-order valence-electron chi connectivity index (χ4n) is 3.00. The van der Waals surface area contributed by atoms with Gasteiger partial charge in [-0.1, -0.05) is 30.3 Å². The van der Waals surface area contributed by atoms with Gasteiger partial charge in [-0.15, -0.1) is 0 Å². The molecule has 4 nitrogen and oxygen atoms in total. The van der Waals surface area contributed by atoms with Crippen molar-refractivity contribution in [3.05, 3.63) is 54.4 Å². The Morgan fingerprint density at radius 2 is 2.05 bits per heavy atom. The molecular weight excluding hydrogens is 248 g/mol. The Morgan fingerprint density at radius 1 is 1.20 bits per heavy atom. The normalized spacial score (nSPS) is 23.9. The van der Waals surface area contributed by atoms with Crippen LogP contribution in [0.2, 0.25) is 0 Å². The second kappa shape index (κ2) is 5.77. The molecule has 3 rings (SSSR count). The molecular formula is C16H22N4. The highest BCUT2D eigenvalue weighted by Crippen LogP contribution is 2.29. The number of aromatic nitrogens is 2. The maximum atomic E-state index is 4.30. The Balaban J connectivity index is 1.76. The molecule has 1 aromatic carbocycles. The summed E-state index contributed by atoms with van der Waals surface area (Å²) >= 11 is 0. The predicted octanol–water partition coefficient (Wildman–Crippen LogP) is 1.70. The molecule has 2 heterocycles. The first kappa shape index (κ1) is 13.3. The Hall–Kier alpha value is -1.65. The highest BCUT2D eigenvalue weighted by molar-refractivity contribution is 5.25. The van der Waals surface area contributed by atoms with Crippen molar-refractivity contribution in [3.8, 4) is 0 Å². The Morgan fingerprint density at radius 3 is 2.80 bits per heavy atom. The van der Waals surface area contributed by atoms with Crippen LogP contribution < -0.4 is 5.32 Å². The molecule has 106 valence electrons. The van der Waals surface area contributed by atoms with Gasteiger partial charge in [0.2, 0.25) is 0 Å². The molecule has 2 aromatic rings. The van der Waals surface area contributed by atoms with Gasteiger partial charge in [-0.2, -0.15) is 5.10 Å². The topological polar surface area (TPSA) is 33.1 Å². The number of hydrogen-bond donors (Lipinski definition) is 1. The molecule has 0 radical (unpaired) electrons. The Kier molecular flexibility index (Phi) is 3.85. The molecule has 1 aliphatic rings. The Bertz CT molecular complexity index is 523. The van der Waals surface area contributed by atoms with Gasteiger partial charge in [0.1, 0.15) is 0 Å². The van der Waals surface area contributed by atoms with Crippen LogP contribution in [0.15, 0.2) is 48.8 Å². The zero-order valence-electron chi connectivity index (χ0n) is 12.0. The first-order valence-corrected chi connectivity index (χ1v) is 7.28. The second-order valence-electron chi connectivity index (χ2n) is 5.57. The molecule has 0 saturated carbocycles. The van der Waals surface area contributed by atoms with Gasteiger partial charge >= 0.3 is 0 Å². The minimum Gasteiger partial charge on any atom is -0.313 e. The molecule has 1 saturated heterocycles. The monoisotopic (exact) mass is 270 g/mol. The van der Waals surface area contributed by atoms with Gasteiger partial charge in [-0.3, -0.25) is 9.58 Å². The third-order valence-corrected chi connectivity index (χ3v) is 4.28. The van der Waals surface area contributed by atoms with E-state index in [9.17, 15) is 0 Å². The lowest BCUT2D eigenvalue weighted by atomic mass is 9.88. The first-order chi connectivity index (χ1) is 9.79. The summed E-state index contributed by atoms with van der Waals surface area (Å²) < 4.78 is 2.01. The zero-order chi connectivity index (χ0) is 13.8. The average molecular weight is 270 g/mol. The van der Waals surface area contributed by atoms with Crippen LogP contribution >= 0.6 is 0 Å². The molecule has 1 aliphatic heterocycles. The molecule has 1 fully saturated rings. The van der Waals surface area contributed by atoms with Gasteiger partial charge in [0.05, 0.1) is 12.1 Å². The number of nitrogens with zero attached hydrogens (tertiary/aromatic N) is 3. The second-order valence-corrected chi connectivity index (χ2v) is 5.57. The summed E-state index contributed by atoms with van der Waals surface area (Å²) in [6.07, 6.45) is 3.87. The van der Waals surface area contributed by atoms with E-state index >= 15 is 0 Å². The lowest BCUT2D eigenvalue weighted by Crippen LogP contribution is -2.58. The summed E-state index contributed by atoms with van der Waals surface area (Å²) in [7, 11) is 0. The van der Waals surface area contributed by atoms with Crippen molar-refractivity contribution in [3.63, 3.8) is 0 Å². The molecule has 0 bridgehead atoms. The van der Waals surface area contributed by atoms with Crippen molar-refractivity contribution < 1.29 is 0 Å². The van der Waals surface area contributed by atoms with Crippen molar-refractivity contribution >= 4 is 0 Å².